The molecule has 0 N–H and O–H groups in total. The fraction of sp³-hybridized carbons (Fsp3) is 0.400. The van der Waals surface area contributed by atoms with Gasteiger partial charge in [0, 0.05) is 24.5 Å². The summed E-state index contributed by atoms with van der Waals surface area (Å²) in [4.78, 5) is 45.3. The van der Waals surface area contributed by atoms with Crippen molar-refractivity contribution in [2.24, 2.45) is 0 Å². The Labute approximate surface area is 158 Å². The molecule has 0 saturated heterocycles. The van der Waals surface area contributed by atoms with Crippen LogP contribution in [0.3, 0.4) is 0 Å². The molecule has 1 aromatic carbocycles. The molecule has 0 aromatic heterocycles. The van der Waals surface area contributed by atoms with Crippen LogP contribution in [-0.2, 0) is 23.9 Å². The maximum absolute atomic E-state index is 11.7. The van der Waals surface area contributed by atoms with Gasteiger partial charge in [-0.3, -0.25) is 14.4 Å². The van der Waals surface area contributed by atoms with Gasteiger partial charge in [-0.15, -0.1) is 0 Å². The highest BCUT2D eigenvalue weighted by molar-refractivity contribution is 5.94. The lowest BCUT2D eigenvalue weighted by Gasteiger charge is -2.06. The van der Waals surface area contributed by atoms with E-state index in [1.54, 1.807) is 24.3 Å². The van der Waals surface area contributed by atoms with Crippen molar-refractivity contribution in [2.45, 2.75) is 39.0 Å². The molecule has 0 fully saturated rings. The van der Waals surface area contributed by atoms with Gasteiger partial charge in [-0.1, -0.05) is 6.58 Å². The van der Waals surface area contributed by atoms with E-state index >= 15 is 0 Å². The van der Waals surface area contributed by atoms with Crippen molar-refractivity contribution in [2.75, 3.05) is 13.2 Å². The Hall–Kier alpha value is -2.96. The first-order valence-corrected chi connectivity index (χ1v) is 8.69. The van der Waals surface area contributed by atoms with E-state index < -0.39 is 17.9 Å². The maximum atomic E-state index is 11.7. The van der Waals surface area contributed by atoms with Gasteiger partial charge in [0.2, 0.25) is 0 Å². The highest BCUT2D eigenvalue weighted by atomic mass is 16.5. The van der Waals surface area contributed by atoms with Gasteiger partial charge in [-0.2, -0.15) is 0 Å². The number of rotatable bonds is 12. The molecule has 0 atom stereocenters. The topological polar surface area (TPSA) is 96.0 Å². The van der Waals surface area contributed by atoms with E-state index in [1.165, 1.54) is 6.92 Å². The molecule has 0 saturated carbocycles. The molecular weight excluding hydrogens is 352 g/mol. The molecule has 0 aliphatic rings. The zero-order chi connectivity index (χ0) is 20.1. The lowest BCUT2D eigenvalue weighted by Crippen LogP contribution is -2.11. The summed E-state index contributed by atoms with van der Waals surface area (Å²) >= 11 is 0. The van der Waals surface area contributed by atoms with Gasteiger partial charge >= 0.3 is 17.9 Å². The van der Waals surface area contributed by atoms with Gasteiger partial charge in [0.25, 0.3) is 0 Å². The van der Waals surface area contributed by atoms with Crippen LogP contribution in [0, 0.1) is 0 Å². The van der Waals surface area contributed by atoms with Crippen LogP contribution in [0.1, 0.15) is 49.4 Å². The molecule has 0 spiro atoms. The van der Waals surface area contributed by atoms with E-state index in [-0.39, 0.29) is 31.8 Å². The summed E-state index contributed by atoms with van der Waals surface area (Å²) in [5.74, 6) is -1.04. The Kier molecular flexibility index (Phi) is 10.1. The van der Waals surface area contributed by atoms with Crippen molar-refractivity contribution in [3.8, 4) is 5.75 Å². The van der Waals surface area contributed by atoms with Crippen molar-refractivity contribution in [3.63, 3.8) is 0 Å². The van der Waals surface area contributed by atoms with Crippen molar-refractivity contribution in [3.05, 3.63) is 42.5 Å². The first-order chi connectivity index (χ1) is 12.9. The monoisotopic (exact) mass is 376 g/mol. The van der Waals surface area contributed by atoms with Crippen LogP contribution < -0.4 is 4.74 Å². The van der Waals surface area contributed by atoms with Crippen LogP contribution in [0.4, 0.5) is 0 Å². The molecule has 0 heterocycles. The fourth-order valence-electron chi connectivity index (χ4n) is 2.01. The van der Waals surface area contributed by atoms with E-state index in [2.05, 4.69) is 6.58 Å². The number of esters is 3. The molecule has 7 heteroatoms. The summed E-state index contributed by atoms with van der Waals surface area (Å²) in [5, 5.41) is 0. The van der Waals surface area contributed by atoms with E-state index in [0.717, 1.165) is 6.08 Å². The van der Waals surface area contributed by atoms with Crippen molar-refractivity contribution < 1.29 is 33.4 Å². The second kappa shape index (κ2) is 12.4. The van der Waals surface area contributed by atoms with Crippen LogP contribution in [0.5, 0.6) is 5.75 Å². The third-order valence-electron chi connectivity index (χ3n) is 3.47. The second-order valence-electron chi connectivity index (χ2n) is 5.71. The van der Waals surface area contributed by atoms with Gasteiger partial charge < -0.3 is 14.2 Å². The third-order valence-corrected chi connectivity index (χ3v) is 3.47. The molecule has 0 bridgehead atoms. The zero-order valence-corrected chi connectivity index (χ0v) is 15.4. The number of benzene rings is 1. The number of ether oxygens (including phenoxy) is 3. The molecule has 0 amide bonds. The SMILES string of the molecule is C=CC(=O)OCCCCOC(=O)CCCC(=O)Oc1ccc(C(C)=O)cc1. The first kappa shape index (κ1) is 22.1. The Morgan fingerprint density at radius 1 is 0.889 bits per heavy atom. The Morgan fingerprint density at radius 2 is 1.48 bits per heavy atom. The van der Waals surface area contributed by atoms with Gasteiger partial charge in [0.1, 0.15) is 5.75 Å². The quantitative estimate of drug-likeness (QED) is 0.182. The Morgan fingerprint density at radius 3 is 2.07 bits per heavy atom. The fourth-order valence-corrected chi connectivity index (χ4v) is 2.01. The largest absolute Gasteiger partial charge is 0.466 e. The van der Waals surface area contributed by atoms with Gasteiger partial charge in [0.15, 0.2) is 5.78 Å². The minimum Gasteiger partial charge on any atom is -0.466 e. The average molecular weight is 376 g/mol. The van der Waals surface area contributed by atoms with E-state index in [9.17, 15) is 19.2 Å². The van der Waals surface area contributed by atoms with Gasteiger partial charge in [0.05, 0.1) is 13.2 Å². The number of unbranched alkanes of at least 4 members (excludes halogenated alkanes) is 1. The number of carbonyl (C=O) groups is 4. The summed E-state index contributed by atoms with van der Waals surface area (Å²) in [6, 6.07) is 6.27. The molecule has 0 aliphatic carbocycles. The summed E-state index contributed by atoms with van der Waals surface area (Å²) in [6.07, 6.45) is 2.77. The molecule has 0 aliphatic heterocycles. The number of hydrogen-bond donors (Lipinski definition) is 0. The lowest BCUT2D eigenvalue weighted by molar-refractivity contribution is -0.145. The molecule has 0 unspecified atom stereocenters. The summed E-state index contributed by atoms with van der Waals surface area (Å²) in [5.41, 5.74) is 0.538. The second-order valence-corrected chi connectivity index (χ2v) is 5.71. The summed E-state index contributed by atoms with van der Waals surface area (Å²) < 4.78 is 15.0. The molecule has 7 nitrogen and oxygen atoms in total. The molecule has 1 rings (SSSR count). The van der Waals surface area contributed by atoms with E-state index in [1.807, 2.05) is 0 Å². The number of ketones is 1. The van der Waals surface area contributed by atoms with Gasteiger partial charge in [-0.25, -0.2) is 4.79 Å². The summed E-state index contributed by atoms with van der Waals surface area (Å²) in [6.45, 7) is 5.22. The zero-order valence-electron chi connectivity index (χ0n) is 15.4. The number of hydrogen-bond acceptors (Lipinski definition) is 7. The maximum Gasteiger partial charge on any atom is 0.330 e. The predicted molar refractivity (Wildman–Crippen MR) is 97.3 cm³/mol. The molecule has 146 valence electrons. The highest BCUT2D eigenvalue weighted by Crippen LogP contribution is 2.14. The van der Waals surface area contributed by atoms with Crippen LogP contribution in [0.25, 0.3) is 0 Å². The van der Waals surface area contributed by atoms with Crippen LogP contribution in [-0.4, -0.2) is 36.9 Å². The van der Waals surface area contributed by atoms with Crippen LogP contribution in [0.15, 0.2) is 36.9 Å². The smallest absolute Gasteiger partial charge is 0.330 e. The van der Waals surface area contributed by atoms with E-state index in [4.69, 9.17) is 14.2 Å². The predicted octanol–water partition coefficient (Wildman–Crippen LogP) is 3.02. The third kappa shape index (κ3) is 9.94. The number of Topliss-reactive ketones (excluding diaryl/α,β-unsaturated/α-hetero) is 1. The van der Waals surface area contributed by atoms with Crippen molar-refractivity contribution in [1.82, 2.24) is 0 Å². The van der Waals surface area contributed by atoms with Crippen LogP contribution in [0.2, 0.25) is 0 Å². The normalized spacial score (nSPS) is 9.96. The van der Waals surface area contributed by atoms with Gasteiger partial charge in [-0.05, 0) is 50.5 Å². The molecular formula is C20H24O7. The summed E-state index contributed by atoms with van der Waals surface area (Å²) in [7, 11) is 0. The van der Waals surface area contributed by atoms with Crippen molar-refractivity contribution >= 4 is 23.7 Å². The minimum absolute atomic E-state index is 0.0656. The van der Waals surface area contributed by atoms with Crippen molar-refractivity contribution in [1.29, 1.82) is 0 Å². The Balaban J connectivity index is 2.11. The van der Waals surface area contributed by atoms with Crippen LogP contribution >= 0.6 is 0 Å². The first-order valence-electron chi connectivity index (χ1n) is 8.69. The number of carbonyl (C=O) groups excluding carboxylic acids is 4. The highest BCUT2D eigenvalue weighted by Gasteiger charge is 2.09. The lowest BCUT2D eigenvalue weighted by atomic mass is 10.1. The molecule has 0 radical (unpaired) electrons. The standard InChI is InChI=1S/C20H24O7/c1-3-18(22)25-13-4-5-14-26-19(23)7-6-8-20(24)27-17-11-9-16(10-12-17)15(2)21/h3,9-12H,1,4-8,13-14H2,2H3. The molecule has 1 aromatic rings. The average Bonchev–Trinajstić information content (AvgIpc) is 2.64. The minimum atomic E-state index is -0.478. The Bertz CT molecular complexity index is 661. The molecule has 27 heavy (non-hydrogen) atoms. The van der Waals surface area contributed by atoms with E-state index in [0.29, 0.717) is 30.6 Å².